The smallest absolute Gasteiger partial charge is 0.245 e. The molecule has 0 bridgehead atoms. The molecule has 0 aromatic carbocycles. The van der Waals surface area contributed by atoms with Crippen molar-refractivity contribution in [2.45, 2.75) is 26.3 Å². The van der Waals surface area contributed by atoms with E-state index in [-0.39, 0.29) is 11.4 Å². The van der Waals surface area contributed by atoms with E-state index in [4.69, 9.17) is 11.6 Å². The zero-order chi connectivity index (χ0) is 8.20. The van der Waals surface area contributed by atoms with Crippen molar-refractivity contribution in [3.63, 3.8) is 0 Å². The van der Waals surface area contributed by atoms with Gasteiger partial charge in [-0.1, -0.05) is 11.6 Å². The van der Waals surface area contributed by atoms with Crippen LogP contribution in [0, 0.1) is 0 Å². The molecule has 0 aromatic rings. The lowest BCUT2D eigenvalue weighted by molar-refractivity contribution is -0.117. The first-order valence-electron chi connectivity index (χ1n) is 3.04. The van der Waals surface area contributed by atoms with Crippen molar-refractivity contribution < 1.29 is 4.79 Å². The van der Waals surface area contributed by atoms with Crippen molar-refractivity contribution in [1.82, 2.24) is 5.32 Å². The second-order valence-corrected chi connectivity index (χ2v) is 3.28. The van der Waals surface area contributed by atoms with Crippen LogP contribution in [0.1, 0.15) is 20.8 Å². The highest BCUT2D eigenvalue weighted by Gasteiger charge is 2.10. The van der Waals surface area contributed by atoms with Gasteiger partial charge in [0.25, 0.3) is 0 Å². The fourth-order valence-corrected chi connectivity index (χ4v) is 0.583. The Balaban J connectivity index is 3.81. The summed E-state index contributed by atoms with van der Waals surface area (Å²) in [6.45, 7) is 5.73. The fourth-order valence-electron chi connectivity index (χ4n) is 0.468. The summed E-state index contributed by atoms with van der Waals surface area (Å²) in [5.41, 5.74) is 1.01. The molecule has 0 aromatic heterocycles. The maximum absolute atomic E-state index is 10.8. The number of rotatable bonds is 1. The average molecular weight is 162 g/mol. The number of hydrogen-bond donors (Lipinski definition) is 1. The number of hydrogen-bond acceptors (Lipinski definition) is 1. The van der Waals surface area contributed by atoms with Gasteiger partial charge in [-0.3, -0.25) is 4.79 Å². The summed E-state index contributed by atoms with van der Waals surface area (Å²) in [7, 11) is 0. The van der Waals surface area contributed by atoms with E-state index in [0.717, 1.165) is 0 Å². The van der Waals surface area contributed by atoms with Gasteiger partial charge in [0, 0.05) is 17.2 Å². The molecule has 0 aliphatic carbocycles. The summed E-state index contributed by atoms with van der Waals surface area (Å²) in [5.74, 6) is -0.164. The third-order valence-corrected chi connectivity index (χ3v) is 0.839. The Bertz CT molecular complexity index is 146. The minimum atomic E-state index is -0.187. The van der Waals surface area contributed by atoms with Crippen molar-refractivity contribution in [3.05, 3.63) is 11.6 Å². The summed E-state index contributed by atoms with van der Waals surface area (Å²) < 4.78 is 0. The van der Waals surface area contributed by atoms with E-state index in [1.54, 1.807) is 0 Å². The molecule has 0 rings (SSSR count). The molecule has 0 atom stereocenters. The molecule has 2 nitrogen and oxygen atoms in total. The van der Waals surface area contributed by atoms with Crippen LogP contribution in [-0.4, -0.2) is 11.4 Å². The molecular weight excluding hydrogens is 150 g/mol. The molecule has 0 radical (unpaired) electrons. The van der Waals surface area contributed by atoms with Gasteiger partial charge in [0.1, 0.15) is 0 Å². The number of amides is 1. The number of carbonyl (C=O) groups excluding carboxylic acids is 1. The fraction of sp³-hybridized carbons (Fsp3) is 0.571. The van der Waals surface area contributed by atoms with Crippen molar-refractivity contribution >= 4 is 17.5 Å². The van der Waals surface area contributed by atoms with Crippen LogP contribution in [0.5, 0.6) is 0 Å². The van der Waals surface area contributed by atoms with E-state index in [0.29, 0.717) is 0 Å². The third-order valence-electron chi connectivity index (χ3n) is 0.713. The zero-order valence-electron chi connectivity index (χ0n) is 6.44. The summed E-state index contributed by atoms with van der Waals surface area (Å²) in [5, 5.41) is 2.71. The molecule has 0 saturated carbocycles. The van der Waals surface area contributed by atoms with Gasteiger partial charge < -0.3 is 5.32 Å². The van der Waals surface area contributed by atoms with E-state index in [1.165, 1.54) is 11.6 Å². The maximum Gasteiger partial charge on any atom is 0.245 e. The van der Waals surface area contributed by atoms with Crippen molar-refractivity contribution in [2.24, 2.45) is 0 Å². The van der Waals surface area contributed by atoms with Crippen LogP contribution >= 0.6 is 11.6 Å². The van der Waals surface area contributed by atoms with E-state index in [1.807, 2.05) is 20.8 Å². The minimum Gasteiger partial charge on any atom is -0.348 e. The van der Waals surface area contributed by atoms with Crippen LogP contribution in [0.3, 0.4) is 0 Å². The molecule has 0 aliphatic heterocycles. The van der Waals surface area contributed by atoms with Crippen LogP contribution in [0.15, 0.2) is 11.6 Å². The van der Waals surface area contributed by atoms with E-state index >= 15 is 0 Å². The molecule has 0 spiro atoms. The predicted octanol–water partition coefficient (Wildman–Crippen LogP) is 1.65. The first kappa shape index (κ1) is 9.50. The Kier molecular flexibility index (Phi) is 3.43. The van der Waals surface area contributed by atoms with E-state index in [9.17, 15) is 4.79 Å². The number of carbonyl (C=O) groups is 1. The zero-order valence-corrected chi connectivity index (χ0v) is 7.20. The predicted molar refractivity (Wildman–Crippen MR) is 42.9 cm³/mol. The van der Waals surface area contributed by atoms with Gasteiger partial charge in [-0.2, -0.15) is 0 Å². The Morgan fingerprint density at radius 2 is 2.00 bits per heavy atom. The SMILES string of the molecule is CC(C)(C)NC(=O)C=CCl. The Morgan fingerprint density at radius 1 is 1.50 bits per heavy atom. The Labute approximate surface area is 66.3 Å². The van der Waals surface area contributed by atoms with Crippen LogP contribution in [0.4, 0.5) is 0 Å². The molecular formula is C7H12ClNO. The second kappa shape index (κ2) is 3.62. The highest BCUT2D eigenvalue weighted by atomic mass is 35.5. The largest absolute Gasteiger partial charge is 0.348 e. The average Bonchev–Trinajstić information content (AvgIpc) is 1.59. The Morgan fingerprint density at radius 3 is 2.30 bits per heavy atom. The lowest BCUT2D eigenvalue weighted by Gasteiger charge is -2.18. The van der Waals surface area contributed by atoms with Gasteiger partial charge >= 0.3 is 0 Å². The topological polar surface area (TPSA) is 29.1 Å². The second-order valence-electron chi connectivity index (χ2n) is 3.03. The first-order chi connectivity index (χ1) is 4.45. The lowest BCUT2D eigenvalue weighted by atomic mass is 10.1. The van der Waals surface area contributed by atoms with E-state index in [2.05, 4.69) is 5.32 Å². The molecule has 0 unspecified atom stereocenters. The molecule has 10 heavy (non-hydrogen) atoms. The van der Waals surface area contributed by atoms with Crippen molar-refractivity contribution in [2.75, 3.05) is 0 Å². The standard InChI is InChI=1S/C7H12ClNO/c1-7(2,3)9-6(10)4-5-8/h4-5H,1-3H3,(H,9,10). The maximum atomic E-state index is 10.8. The molecule has 0 fully saturated rings. The van der Waals surface area contributed by atoms with Crippen LogP contribution < -0.4 is 5.32 Å². The Hall–Kier alpha value is -0.500. The van der Waals surface area contributed by atoms with Gasteiger partial charge in [-0.25, -0.2) is 0 Å². The first-order valence-corrected chi connectivity index (χ1v) is 3.48. The summed E-state index contributed by atoms with van der Waals surface area (Å²) in [4.78, 5) is 10.8. The summed E-state index contributed by atoms with van der Waals surface area (Å²) >= 11 is 5.18. The lowest BCUT2D eigenvalue weighted by Crippen LogP contribution is -2.39. The van der Waals surface area contributed by atoms with Crippen molar-refractivity contribution in [3.8, 4) is 0 Å². The summed E-state index contributed by atoms with van der Waals surface area (Å²) in [6, 6.07) is 0. The van der Waals surface area contributed by atoms with Crippen LogP contribution in [0.25, 0.3) is 0 Å². The van der Waals surface area contributed by atoms with E-state index < -0.39 is 0 Å². The normalized spacial score (nSPS) is 12.0. The highest BCUT2D eigenvalue weighted by Crippen LogP contribution is 1.97. The highest BCUT2D eigenvalue weighted by molar-refractivity contribution is 6.26. The summed E-state index contributed by atoms with van der Waals surface area (Å²) in [6.07, 6.45) is 1.28. The number of nitrogens with one attached hydrogen (secondary N) is 1. The van der Waals surface area contributed by atoms with Crippen LogP contribution in [0.2, 0.25) is 0 Å². The molecule has 1 N–H and O–H groups in total. The van der Waals surface area contributed by atoms with Gasteiger partial charge in [-0.15, -0.1) is 0 Å². The molecule has 0 saturated heterocycles. The van der Waals surface area contributed by atoms with Gasteiger partial charge in [0.2, 0.25) is 5.91 Å². The number of halogens is 1. The molecule has 3 heteroatoms. The van der Waals surface area contributed by atoms with Crippen LogP contribution in [-0.2, 0) is 4.79 Å². The van der Waals surface area contributed by atoms with Crippen molar-refractivity contribution in [1.29, 1.82) is 0 Å². The molecule has 1 amide bonds. The molecule has 58 valence electrons. The molecule has 0 heterocycles. The minimum absolute atomic E-state index is 0.164. The monoisotopic (exact) mass is 161 g/mol. The van der Waals surface area contributed by atoms with Gasteiger partial charge in [0.15, 0.2) is 0 Å². The van der Waals surface area contributed by atoms with Gasteiger partial charge in [0.05, 0.1) is 0 Å². The third kappa shape index (κ3) is 5.63. The molecule has 0 aliphatic rings. The quantitative estimate of drug-likeness (QED) is 0.583. The van der Waals surface area contributed by atoms with Gasteiger partial charge in [-0.05, 0) is 20.8 Å².